The van der Waals surface area contributed by atoms with E-state index in [1.807, 2.05) is 31.2 Å². The van der Waals surface area contributed by atoms with Crippen molar-refractivity contribution in [1.82, 2.24) is 5.16 Å². The maximum Gasteiger partial charge on any atom is 0.230 e. The number of hydrogen-bond acceptors (Lipinski definition) is 4. The second-order valence-electron chi connectivity index (χ2n) is 6.19. The number of nitrogens with zero attached hydrogens (tertiary/aromatic N) is 1. The molecule has 21 heavy (non-hydrogen) atoms. The average molecular weight is 284 g/mol. The SMILES string of the molecule is CCOc1ccc(-c2c(C3CC4CC4C3)noc2N)cc1. The number of nitrogens with two attached hydrogens (primary N) is 1. The number of rotatable bonds is 4. The van der Waals surface area contributed by atoms with Crippen LogP contribution in [0.1, 0.15) is 37.8 Å². The molecule has 2 aromatic rings. The van der Waals surface area contributed by atoms with E-state index in [1.165, 1.54) is 19.3 Å². The molecular formula is C17H20N2O2. The molecule has 2 aliphatic rings. The number of benzene rings is 1. The molecule has 110 valence electrons. The first-order valence-corrected chi connectivity index (χ1v) is 7.74. The van der Waals surface area contributed by atoms with Crippen molar-refractivity contribution in [2.45, 2.75) is 32.1 Å². The van der Waals surface area contributed by atoms with Gasteiger partial charge in [-0.05, 0) is 55.7 Å². The van der Waals surface area contributed by atoms with Crippen LogP contribution in [0.2, 0.25) is 0 Å². The summed E-state index contributed by atoms with van der Waals surface area (Å²) >= 11 is 0. The highest BCUT2D eigenvalue weighted by atomic mass is 16.5. The monoisotopic (exact) mass is 284 g/mol. The molecule has 2 N–H and O–H groups in total. The molecule has 2 saturated carbocycles. The van der Waals surface area contributed by atoms with Gasteiger partial charge in [0.2, 0.25) is 5.88 Å². The molecule has 0 radical (unpaired) electrons. The smallest absolute Gasteiger partial charge is 0.230 e. The second kappa shape index (κ2) is 4.79. The van der Waals surface area contributed by atoms with Gasteiger partial charge in [0.25, 0.3) is 0 Å². The number of hydrogen-bond donors (Lipinski definition) is 1. The van der Waals surface area contributed by atoms with E-state index in [0.717, 1.165) is 34.4 Å². The zero-order chi connectivity index (χ0) is 14.4. The van der Waals surface area contributed by atoms with Gasteiger partial charge in [-0.25, -0.2) is 0 Å². The minimum absolute atomic E-state index is 0.426. The van der Waals surface area contributed by atoms with E-state index in [4.69, 9.17) is 15.0 Å². The van der Waals surface area contributed by atoms with Gasteiger partial charge in [-0.2, -0.15) is 0 Å². The third-order valence-corrected chi connectivity index (χ3v) is 4.83. The van der Waals surface area contributed by atoms with Gasteiger partial charge in [-0.15, -0.1) is 0 Å². The van der Waals surface area contributed by atoms with Crippen LogP contribution < -0.4 is 10.5 Å². The Bertz CT molecular complexity index is 637. The maximum absolute atomic E-state index is 6.02. The summed E-state index contributed by atoms with van der Waals surface area (Å²) in [6.45, 7) is 2.65. The molecule has 2 unspecified atom stereocenters. The lowest BCUT2D eigenvalue weighted by Gasteiger charge is -2.11. The minimum atomic E-state index is 0.426. The van der Waals surface area contributed by atoms with Gasteiger partial charge in [0.05, 0.1) is 17.9 Å². The van der Waals surface area contributed by atoms with Gasteiger partial charge in [0.15, 0.2) is 0 Å². The van der Waals surface area contributed by atoms with E-state index in [0.29, 0.717) is 18.4 Å². The summed E-state index contributed by atoms with van der Waals surface area (Å²) in [5, 5.41) is 4.26. The number of anilines is 1. The van der Waals surface area contributed by atoms with Crippen LogP contribution in [0.4, 0.5) is 5.88 Å². The van der Waals surface area contributed by atoms with E-state index in [1.54, 1.807) is 0 Å². The van der Waals surface area contributed by atoms with E-state index in [2.05, 4.69) is 5.16 Å². The van der Waals surface area contributed by atoms with Gasteiger partial charge < -0.3 is 15.0 Å². The predicted octanol–water partition coefficient (Wildman–Crippen LogP) is 3.84. The Morgan fingerprint density at radius 3 is 2.57 bits per heavy atom. The first-order valence-electron chi connectivity index (χ1n) is 7.74. The Morgan fingerprint density at radius 2 is 1.90 bits per heavy atom. The largest absolute Gasteiger partial charge is 0.494 e. The Labute approximate surface area is 124 Å². The molecule has 2 atom stereocenters. The van der Waals surface area contributed by atoms with Crippen LogP contribution in [0.5, 0.6) is 5.75 Å². The zero-order valence-electron chi connectivity index (χ0n) is 12.2. The second-order valence-corrected chi connectivity index (χ2v) is 6.19. The van der Waals surface area contributed by atoms with Crippen molar-refractivity contribution in [2.24, 2.45) is 11.8 Å². The highest BCUT2D eigenvalue weighted by molar-refractivity contribution is 5.76. The summed E-state index contributed by atoms with van der Waals surface area (Å²) in [6.07, 6.45) is 3.88. The maximum atomic E-state index is 6.02. The van der Waals surface area contributed by atoms with Crippen molar-refractivity contribution in [1.29, 1.82) is 0 Å². The average Bonchev–Trinajstić information content (AvgIpc) is 2.93. The van der Waals surface area contributed by atoms with Crippen molar-refractivity contribution >= 4 is 5.88 Å². The van der Waals surface area contributed by atoms with Crippen LogP contribution in [0.25, 0.3) is 11.1 Å². The molecule has 0 aliphatic heterocycles. The fourth-order valence-corrected chi connectivity index (χ4v) is 3.71. The third-order valence-electron chi connectivity index (χ3n) is 4.83. The summed E-state index contributed by atoms with van der Waals surface area (Å²) in [7, 11) is 0. The molecule has 4 heteroatoms. The minimum Gasteiger partial charge on any atom is -0.494 e. The Balaban J connectivity index is 1.65. The van der Waals surface area contributed by atoms with E-state index >= 15 is 0 Å². The lowest BCUT2D eigenvalue weighted by molar-refractivity contribution is 0.340. The first-order chi connectivity index (χ1) is 10.3. The van der Waals surface area contributed by atoms with Crippen molar-refractivity contribution < 1.29 is 9.26 Å². The van der Waals surface area contributed by atoms with Crippen molar-refractivity contribution in [3.63, 3.8) is 0 Å². The summed E-state index contributed by atoms with van der Waals surface area (Å²) in [6, 6.07) is 8.02. The lowest BCUT2D eigenvalue weighted by Crippen LogP contribution is -1.99. The van der Waals surface area contributed by atoms with E-state index in [9.17, 15) is 0 Å². The van der Waals surface area contributed by atoms with Crippen LogP contribution in [0.15, 0.2) is 28.8 Å². The number of ether oxygens (including phenoxy) is 1. The quantitative estimate of drug-likeness (QED) is 0.926. The Hall–Kier alpha value is -1.97. The van der Waals surface area contributed by atoms with Gasteiger partial charge in [-0.1, -0.05) is 17.3 Å². The molecular weight excluding hydrogens is 264 g/mol. The van der Waals surface area contributed by atoms with Crippen molar-refractivity contribution in [3.8, 4) is 16.9 Å². The first kappa shape index (κ1) is 12.7. The molecule has 4 rings (SSSR count). The molecule has 1 aromatic carbocycles. The van der Waals surface area contributed by atoms with Crippen LogP contribution in [0.3, 0.4) is 0 Å². The topological polar surface area (TPSA) is 61.3 Å². The van der Waals surface area contributed by atoms with E-state index in [-0.39, 0.29) is 0 Å². The summed E-state index contributed by atoms with van der Waals surface area (Å²) in [5.74, 6) is 3.65. The predicted molar refractivity (Wildman–Crippen MR) is 81.1 cm³/mol. The molecule has 0 amide bonds. The van der Waals surface area contributed by atoms with Crippen LogP contribution in [0, 0.1) is 11.8 Å². The molecule has 0 spiro atoms. The van der Waals surface area contributed by atoms with Gasteiger partial charge in [0, 0.05) is 5.92 Å². The van der Waals surface area contributed by atoms with Crippen LogP contribution in [-0.4, -0.2) is 11.8 Å². The molecule has 1 heterocycles. The van der Waals surface area contributed by atoms with Gasteiger partial charge >= 0.3 is 0 Å². The Kier molecular flexibility index (Phi) is 2.91. The summed E-state index contributed by atoms with van der Waals surface area (Å²) in [4.78, 5) is 0. The number of nitrogen functional groups attached to an aromatic ring is 1. The summed E-state index contributed by atoms with van der Waals surface area (Å²) < 4.78 is 10.8. The highest BCUT2D eigenvalue weighted by Gasteiger charge is 2.47. The molecule has 0 saturated heterocycles. The number of fused-ring (bicyclic) bond motifs is 1. The highest BCUT2D eigenvalue weighted by Crippen LogP contribution is 2.58. The van der Waals surface area contributed by atoms with Crippen molar-refractivity contribution in [3.05, 3.63) is 30.0 Å². The van der Waals surface area contributed by atoms with E-state index < -0.39 is 0 Å². The van der Waals surface area contributed by atoms with Crippen LogP contribution in [-0.2, 0) is 0 Å². The molecule has 1 aromatic heterocycles. The van der Waals surface area contributed by atoms with Gasteiger partial charge in [0.1, 0.15) is 5.75 Å². The molecule has 2 fully saturated rings. The van der Waals surface area contributed by atoms with Gasteiger partial charge in [-0.3, -0.25) is 0 Å². The third kappa shape index (κ3) is 2.19. The summed E-state index contributed by atoms with van der Waals surface area (Å²) in [5.41, 5.74) is 9.11. The molecule has 4 nitrogen and oxygen atoms in total. The number of aromatic nitrogens is 1. The van der Waals surface area contributed by atoms with Crippen LogP contribution >= 0.6 is 0 Å². The standard InChI is InChI=1S/C17H20N2O2/c1-2-20-14-5-3-10(4-6-14)15-16(19-21-17(15)18)13-8-11-7-12(11)9-13/h3-6,11-13H,2,7-9,18H2,1H3. The fraction of sp³-hybridized carbons (Fsp3) is 0.471. The lowest BCUT2D eigenvalue weighted by atomic mass is 9.93. The Morgan fingerprint density at radius 1 is 1.19 bits per heavy atom. The normalized spacial score (nSPS) is 26.6. The fourth-order valence-electron chi connectivity index (χ4n) is 3.71. The molecule has 2 aliphatic carbocycles. The molecule has 0 bridgehead atoms. The van der Waals surface area contributed by atoms with Crippen molar-refractivity contribution in [2.75, 3.05) is 12.3 Å². The zero-order valence-corrected chi connectivity index (χ0v) is 12.2.